The van der Waals surface area contributed by atoms with Crippen molar-refractivity contribution in [1.82, 2.24) is 0 Å². The van der Waals surface area contributed by atoms with Crippen molar-refractivity contribution < 1.29 is 145 Å². The van der Waals surface area contributed by atoms with Gasteiger partial charge in [0, 0.05) is 39.5 Å². The molecule has 0 aliphatic heterocycles. The first-order chi connectivity index (χ1) is 57.1. The zero-order chi connectivity index (χ0) is 91.5. The first kappa shape index (κ1) is 103. The van der Waals surface area contributed by atoms with Gasteiger partial charge in [-0.05, 0) is 300 Å². The van der Waals surface area contributed by atoms with Crippen molar-refractivity contribution >= 4 is 45.9 Å². The Balaban J connectivity index is 0.000000210. The number of hydrogen-bond acceptors (Lipinski definition) is 22. The Hall–Kier alpha value is -4.18. The molecule has 11 saturated carbocycles. The van der Waals surface area contributed by atoms with Crippen molar-refractivity contribution in [1.29, 1.82) is 0 Å². The predicted octanol–water partition coefficient (Wildman–Crippen LogP) is 15.0. The molecule has 11 aliphatic carbocycles. The van der Waals surface area contributed by atoms with E-state index in [0.29, 0.717) is 99.7 Å². The normalized spacial score (nSPS) is 39.8. The Morgan fingerprint density at radius 1 is 0.439 bits per heavy atom. The minimum atomic E-state index is -6.27. The second kappa shape index (κ2) is 41.1. The van der Waals surface area contributed by atoms with Crippen LogP contribution in [0.5, 0.6) is 0 Å². The maximum absolute atomic E-state index is 13.4. The van der Waals surface area contributed by atoms with E-state index in [1.807, 2.05) is 0 Å². The average molecular weight is 1790 g/mol. The van der Waals surface area contributed by atoms with Crippen molar-refractivity contribution in [2.24, 2.45) is 133 Å². The van der Waals surface area contributed by atoms with Crippen LogP contribution < -0.4 is 0 Å². The molecule has 0 saturated heterocycles. The number of aliphatic hydroxyl groups is 7. The minimum absolute atomic E-state index is 0.00562. The van der Waals surface area contributed by atoms with Gasteiger partial charge in [0.05, 0.1) is 55.8 Å². The summed E-state index contributed by atoms with van der Waals surface area (Å²) in [7, 11) is -6.27. The van der Waals surface area contributed by atoms with Gasteiger partial charge in [0.15, 0.2) is 29.1 Å². The molecule has 0 amide bonds. The summed E-state index contributed by atoms with van der Waals surface area (Å²) >= 11 is 0. The lowest BCUT2D eigenvalue weighted by atomic mass is 9.43. The van der Waals surface area contributed by atoms with Crippen LogP contribution in [0, 0.1) is 133 Å². The molecule has 0 aromatic carbocycles. The summed E-state index contributed by atoms with van der Waals surface area (Å²) in [5.41, 5.74) is -0.532. The number of rotatable bonds is 32. The van der Waals surface area contributed by atoms with E-state index < -0.39 is 151 Å². The quantitative estimate of drug-likeness (QED) is 0.0108. The SMILES string of the molecule is C[C@H](CCC(=O)OCC(=O)OCC(F)C(C)(F)F)[C@H]1CC[C@H]2[C@@H]3CC[C@@H]4C[C@H](O)CC[C@]4(C)[C@H]3C[C@H](O)[C@]12C.C[C@H](CCC(=O)OCCC(=O)OCC(F)C(F)(F)S(=O)(=O)[O-])[C@H]1CC[C@H]2[C@@H]3CC[C@@H]4C[C@H](O)CC[C@]4(C)[C@H]3C[C@H](O)[C@]12C.C[C@H](CCC(=O)OCCCC(=O)OCC(F)C(C)(F)F)C[C@@]1(C)[C@@H](O)C[C@H]2[C@@H]([C@H](O)C[C@@H]3C[C@H](O)CC[C@@]32C)[C@@H]1C. The van der Waals surface area contributed by atoms with Crippen LogP contribution in [0.2, 0.25) is 0 Å². The Morgan fingerprint density at radius 2 is 0.829 bits per heavy atom. The second-order valence-corrected chi connectivity index (χ2v) is 43.1. The molecule has 710 valence electrons. The second-order valence-electron chi connectivity index (χ2n) is 41.7. The molecular formula is C91H144F9O22S-. The molecule has 3 unspecified atom stereocenters. The Kier molecular flexibility index (Phi) is 34.3. The average Bonchev–Trinajstić information content (AvgIpc) is 1.59. The summed E-state index contributed by atoms with van der Waals surface area (Å²) in [6.45, 7) is 17.9. The molecule has 33 atom stereocenters. The van der Waals surface area contributed by atoms with E-state index >= 15 is 0 Å². The fourth-order valence-corrected chi connectivity index (χ4v) is 27.3. The summed E-state index contributed by atoms with van der Waals surface area (Å²) in [5.74, 6) is -6.33. The van der Waals surface area contributed by atoms with E-state index in [9.17, 15) is 117 Å². The van der Waals surface area contributed by atoms with E-state index in [2.05, 4.69) is 83.4 Å². The van der Waals surface area contributed by atoms with Crippen LogP contribution in [0.15, 0.2) is 0 Å². The molecule has 0 radical (unpaired) electrons. The molecule has 11 fully saturated rings. The van der Waals surface area contributed by atoms with E-state index in [0.717, 1.165) is 122 Å². The number of alkyl halides is 9. The molecule has 0 bridgehead atoms. The number of hydrogen-bond donors (Lipinski definition) is 7. The molecule has 7 N–H and O–H groups in total. The Bertz CT molecular complexity index is 3650. The number of fused-ring (bicyclic) bond motifs is 13. The van der Waals surface area contributed by atoms with Gasteiger partial charge in [-0.2, -0.15) is 8.78 Å². The fraction of sp³-hybridized carbons (Fsp3) is 0.934. The van der Waals surface area contributed by atoms with E-state index in [-0.39, 0.29) is 137 Å². The van der Waals surface area contributed by atoms with E-state index in [4.69, 9.17) is 14.2 Å². The highest BCUT2D eigenvalue weighted by atomic mass is 32.2. The fourth-order valence-electron chi connectivity index (χ4n) is 27.0. The molecule has 0 aromatic heterocycles. The monoisotopic (exact) mass is 1790 g/mol. The minimum Gasteiger partial charge on any atom is -0.743 e. The van der Waals surface area contributed by atoms with Crippen LogP contribution in [-0.2, 0) is 67.3 Å². The smallest absolute Gasteiger partial charge is 0.368 e. The number of carbonyl (C=O) groups is 6. The maximum atomic E-state index is 13.4. The van der Waals surface area contributed by atoms with Crippen LogP contribution in [0.1, 0.15) is 282 Å². The highest BCUT2D eigenvalue weighted by molar-refractivity contribution is 7.86. The van der Waals surface area contributed by atoms with Crippen molar-refractivity contribution in [2.75, 3.05) is 39.6 Å². The van der Waals surface area contributed by atoms with Gasteiger partial charge in [-0.3, -0.25) is 24.0 Å². The van der Waals surface area contributed by atoms with Gasteiger partial charge in [-0.25, -0.2) is 43.9 Å². The highest BCUT2D eigenvalue weighted by Crippen LogP contribution is 2.71. The van der Waals surface area contributed by atoms with Crippen LogP contribution in [0.4, 0.5) is 39.5 Å². The molecule has 11 aliphatic rings. The molecule has 11 rings (SSSR count). The van der Waals surface area contributed by atoms with Crippen LogP contribution in [-0.4, -0.2) is 203 Å². The summed E-state index contributed by atoms with van der Waals surface area (Å²) < 4.78 is 177. The largest absolute Gasteiger partial charge is 0.743 e. The van der Waals surface area contributed by atoms with Gasteiger partial charge in [-0.15, -0.1) is 0 Å². The third-order valence-electron chi connectivity index (χ3n) is 34.6. The van der Waals surface area contributed by atoms with Crippen molar-refractivity contribution in [3.63, 3.8) is 0 Å². The molecule has 22 nitrogen and oxygen atoms in total. The van der Waals surface area contributed by atoms with E-state index in [1.54, 1.807) is 0 Å². The van der Waals surface area contributed by atoms with Crippen molar-refractivity contribution in [3.8, 4) is 0 Å². The number of esters is 6. The van der Waals surface area contributed by atoms with Gasteiger partial charge >= 0.3 is 41.1 Å². The van der Waals surface area contributed by atoms with Crippen molar-refractivity contribution in [3.05, 3.63) is 0 Å². The first-order valence-corrected chi connectivity index (χ1v) is 47.2. The lowest BCUT2D eigenvalue weighted by Gasteiger charge is -2.63. The third kappa shape index (κ3) is 23.1. The summed E-state index contributed by atoms with van der Waals surface area (Å²) in [6.07, 6.45) is 10.3. The molecule has 0 aromatic rings. The van der Waals surface area contributed by atoms with Crippen LogP contribution in [0.3, 0.4) is 0 Å². The highest BCUT2D eigenvalue weighted by Gasteiger charge is 2.67. The number of carbonyl (C=O) groups excluding carboxylic acids is 6. The van der Waals surface area contributed by atoms with Gasteiger partial charge in [0.25, 0.3) is 11.8 Å². The number of ether oxygens (including phenoxy) is 6. The number of aliphatic hydroxyl groups excluding tert-OH is 7. The first-order valence-electron chi connectivity index (χ1n) is 45.8. The summed E-state index contributed by atoms with van der Waals surface area (Å²) in [4.78, 5) is 71.8. The predicted molar refractivity (Wildman–Crippen MR) is 432 cm³/mol. The van der Waals surface area contributed by atoms with Gasteiger partial charge in [0.2, 0.25) is 6.17 Å². The Morgan fingerprint density at radius 3 is 1.28 bits per heavy atom. The molecule has 32 heteroatoms. The zero-order valence-electron chi connectivity index (χ0n) is 74.3. The van der Waals surface area contributed by atoms with Gasteiger partial charge < -0.3 is 68.7 Å². The molecule has 0 heterocycles. The topological polar surface area (TPSA) is 357 Å². The lowest BCUT2D eigenvalue weighted by Crippen LogP contribution is -2.62. The number of halogens is 9. The van der Waals surface area contributed by atoms with E-state index in [1.165, 1.54) is 0 Å². The summed E-state index contributed by atoms with van der Waals surface area (Å²) in [5, 5.41) is 71.6. The maximum Gasteiger partial charge on any atom is 0.368 e. The summed E-state index contributed by atoms with van der Waals surface area (Å²) in [6, 6.07) is 0. The third-order valence-corrected chi connectivity index (χ3v) is 35.5. The van der Waals surface area contributed by atoms with Crippen LogP contribution in [0.25, 0.3) is 0 Å². The van der Waals surface area contributed by atoms with Crippen LogP contribution >= 0.6 is 0 Å². The zero-order valence-corrected chi connectivity index (χ0v) is 75.1. The van der Waals surface area contributed by atoms with Gasteiger partial charge in [-0.1, -0.05) is 69.2 Å². The lowest BCUT2D eigenvalue weighted by molar-refractivity contribution is -0.204. The Labute approximate surface area is 721 Å². The van der Waals surface area contributed by atoms with Gasteiger partial charge in [0.1, 0.15) is 26.4 Å². The molecule has 123 heavy (non-hydrogen) atoms. The molecule has 0 spiro atoms. The van der Waals surface area contributed by atoms with Crippen molar-refractivity contribution in [2.45, 2.75) is 360 Å². The molecular weight excluding hydrogens is 1650 g/mol. The standard InChI is InChI=1S/C31H51F3O7.C30H47F3O9S.C30H47F3O6/c1-18(8-9-27(39)40-12-6-7-26(38)41-17-24(32)31(5,33)34)16-30(4)19(2)28-22(15-25(30)37)29(3)11-10-21(35)13-20(29)14-23(28)36;1-17(4-9-26(36)41-13-11-27(37)42-16-24(31)30(32,33)43(38,39)40)21-7-8-22-20-6-5-18-14-19(34)10-12-28(18,2)23(20)15-25(35)29(21,22)3;1-17(5-10-26(36)39-16-27(37)38-15-24(31)30(4,32)33)21-8-9-22-20-7-6-18-13-19(34)11-12-28(18,2)23(20)14-25(35)29(21,22)3/h18-25,28,35-37H,6-17H2,1-5H3;17-25,34-35H,4-16H2,1-3H3,(H,38,39,40);17-25,34-35H,5-16H2,1-4H3/p-1/t18-,19+,20+,21-,22+,23-,24?,25+,28+,29+,30-;2*17-,18-,19-,20+,21-,22+,23+,24?,25+,28+,29-/m111/s1.